The first-order valence-electron chi connectivity index (χ1n) is 18.5. The smallest absolute Gasteiger partial charge is 0.164 e. The van der Waals surface area contributed by atoms with Gasteiger partial charge >= 0.3 is 0 Å². The molecule has 11 rings (SSSR count). The fraction of sp³-hybridized carbons (Fsp3) is 0. The number of rotatable bonds is 5. The first-order chi connectivity index (χ1) is 27.2. The molecule has 2 heterocycles. The molecule has 256 valence electrons. The summed E-state index contributed by atoms with van der Waals surface area (Å²) in [6.45, 7) is 0. The Hall–Kier alpha value is -7.43. The van der Waals surface area contributed by atoms with Gasteiger partial charge in [0.05, 0.1) is 0 Å². The number of hydrogen-bond donors (Lipinski definition) is 0. The van der Waals surface area contributed by atoms with Gasteiger partial charge in [0.15, 0.2) is 17.5 Å². The summed E-state index contributed by atoms with van der Waals surface area (Å²) in [5.74, 6) is 1.86. The van der Waals surface area contributed by atoms with Crippen molar-refractivity contribution in [1.29, 1.82) is 0 Å². The molecule has 0 fully saturated rings. The molecule has 0 saturated heterocycles. The number of nitrogens with zero attached hydrogens (tertiary/aromatic N) is 3. The molecule has 0 aliphatic heterocycles. The van der Waals surface area contributed by atoms with E-state index in [4.69, 9.17) is 19.4 Å². The molecule has 9 aromatic carbocycles. The molecule has 55 heavy (non-hydrogen) atoms. The second-order valence-electron chi connectivity index (χ2n) is 14.0. The first-order valence-corrected chi connectivity index (χ1v) is 18.5. The summed E-state index contributed by atoms with van der Waals surface area (Å²) < 4.78 is 6.27. The lowest BCUT2D eigenvalue weighted by atomic mass is 9.94. The molecule has 0 N–H and O–H groups in total. The molecule has 0 unspecified atom stereocenters. The summed E-state index contributed by atoms with van der Waals surface area (Å²) >= 11 is 0. The van der Waals surface area contributed by atoms with Crippen molar-refractivity contribution in [2.75, 3.05) is 0 Å². The highest BCUT2D eigenvalue weighted by atomic mass is 16.3. The van der Waals surface area contributed by atoms with Crippen molar-refractivity contribution in [1.82, 2.24) is 15.0 Å². The second kappa shape index (κ2) is 12.6. The summed E-state index contributed by atoms with van der Waals surface area (Å²) in [5, 5.41) is 9.10. The minimum atomic E-state index is 0.612. The fourth-order valence-corrected chi connectivity index (χ4v) is 8.00. The predicted octanol–water partition coefficient (Wildman–Crippen LogP) is 13.6. The number of furan rings is 1. The van der Waals surface area contributed by atoms with Crippen LogP contribution in [0.5, 0.6) is 0 Å². The number of benzene rings is 9. The zero-order valence-electron chi connectivity index (χ0n) is 29.6. The van der Waals surface area contributed by atoms with E-state index in [9.17, 15) is 0 Å². The predicted molar refractivity (Wildman–Crippen MR) is 227 cm³/mol. The van der Waals surface area contributed by atoms with E-state index in [0.717, 1.165) is 65.7 Å². The van der Waals surface area contributed by atoms with Crippen LogP contribution < -0.4 is 0 Å². The van der Waals surface area contributed by atoms with Crippen molar-refractivity contribution >= 4 is 54.3 Å². The lowest BCUT2D eigenvalue weighted by Crippen LogP contribution is -2.01. The Morgan fingerprint density at radius 3 is 1.69 bits per heavy atom. The van der Waals surface area contributed by atoms with E-state index in [1.54, 1.807) is 0 Å². The van der Waals surface area contributed by atoms with Crippen LogP contribution in [-0.2, 0) is 0 Å². The van der Waals surface area contributed by atoms with Crippen molar-refractivity contribution < 1.29 is 4.42 Å². The molecular weight excluding hydrogens is 671 g/mol. The van der Waals surface area contributed by atoms with E-state index in [2.05, 4.69) is 176 Å². The highest BCUT2D eigenvalue weighted by molar-refractivity contribution is 6.10. The molecule has 0 aliphatic rings. The van der Waals surface area contributed by atoms with Gasteiger partial charge in [0.25, 0.3) is 0 Å². The second-order valence-corrected chi connectivity index (χ2v) is 14.0. The summed E-state index contributed by atoms with van der Waals surface area (Å²) in [6, 6.07) is 65.8. The van der Waals surface area contributed by atoms with E-state index < -0.39 is 0 Å². The molecule has 0 bridgehead atoms. The minimum absolute atomic E-state index is 0.612. The SMILES string of the molecule is c1ccc(-c2ccc(-c3nc(-c4ccc(-c5cccc6ccccc56)cc4)nc(-c4ccc5cc6c(cc5c4)oc4ccccc46)n3)c3ccccc23)cc1. The third kappa shape index (κ3) is 5.34. The van der Waals surface area contributed by atoms with Crippen LogP contribution in [0.4, 0.5) is 0 Å². The third-order valence-electron chi connectivity index (χ3n) is 10.7. The zero-order chi connectivity index (χ0) is 36.3. The molecule has 2 aromatic heterocycles. The zero-order valence-corrected chi connectivity index (χ0v) is 29.6. The maximum Gasteiger partial charge on any atom is 0.164 e. The summed E-state index contributed by atoms with van der Waals surface area (Å²) in [5.41, 5.74) is 9.21. The molecule has 0 aliphatic carbocycles. The van der Waals surface area contributed by atoms with Crippen LogP contribution in [0.25, 0.3) is 111 Å². The van der Waals surface area contributed by atoms with Gasteiger partial charge < -0.3 is 4.42 Å². The van der Waals surface area contributed by atoms with Gasteiger partial charge in [-0.2, -0.15) is 0 Å². The Balaban J connectivity index is 1.08. The van der Waals surface area contributed by atoms with Gasteiger partial charge in [0.2, 0.25) is 0 Å². The lowest BCUT2D eigenvalue weighted by Gasteiger charge is -2.13. The number of hydrogen-bond acceptors (Lipinski definition) is 4. The van der Waals surface area contributed by atoms with Crippen LogP contribution in [0.3, 0.4) is 0 Å². The fourth-order valence-electron chi connectivity index (χ4n) is 8.00. The number of fused-ring (bicyclic) bond motifs is 6. The third-order valence-corrected chi connectivity index (χ3v) is 10.7. The van der Waals surface area contributed by atoms with Crippen LogP contribution >= 0.6 is 0 Å². The molecule has 11 aromatic rings. The standard InChI is InChI=1S/C51H31N3O/c1-2-11-32(12-3-1)41-27-28-45(43-17-7-6-16-42(41)43)51-53-49(35-23-21-34(22-24-35)40-19-10-14-33-13-4-5-15-39(33)40)52-50(54-51)37-26-25-36-30-46-44-18-8-9-20-47(44)55-48(46)31-38(36)29-37/h1-31H. The van der Waals surface area contributed by atoms with Crippen molar-refractivity contribution in [2.24, 2.45) is 0 Å². The molecule has 0 saturated carbocycles. The Kier molecular flexibility index (Phi) is 7.14. The maximum absolute atomic E-state index is 6.27. The minimum Gasteiger partial charge on any atom is -0.456 e. The Labute approximate surface area is 317 Å². The van der Waals surface area contributed by atoms with Crippen molar-refractivity contribution in [2.45, 2.75) is 0 Å². The Morgan fingerprint density at radius 2 is 0.855 bits per heavy atom. The first kappa shape index (κ1) is 31.1. The van der Waals surface area contributed by atoms with Crippen molar-refractivity contribution in [3.63, 3.8) is 0 Å². The van der Waals surface area contributed by atoms with Crippen LogP contribution in [0, 0.1) is 0 Å². The molecule has 0 amide bonds. The van der Waals surface area contributed by atoms with Gasteiger partial charge in [-0.05, 0) is 84.9 Å². The van der Waals surface area contributed by atoms with Gasteiger partial charge in [-0.1, -0.05) is 158 Å². The monoisotopic (exact) mass is 701 g/mol. The largest absolute Gasteiger partial charge is 0.456 e. The quantitative estimate of drug-likeness (QED) is 0.179. The lowest BCUT2D eigenvalue weighted by molar-refractivity contribution is 0.669. The molecule has 4 heteroatoms. The van der Waals surface area contributed by atoms with Crippen molar-refractivity contribution in [3.05, 3.63) is 188 Å². The molecule has 0 atom stereocenters. The van der Waals surface area contributed by atoms with Gasteiger partial charge in [-0.25, -0.2) is 15.0 Å². The Bertz CT molecular complexity index is 3250. The summed E-state index contributed by atoms with van der Waals surface area (Å²) in [6.07, 6.45) is 0. The average molecular weight is 702 g/mol. The topological polar surface area (TPSA) is 51.8 Å². The van der Waals surface area contributed by atoms with Crippen molar-refractivity contribution in [3.8, 4) is 56.4 Å². The van der Waals surface area contributed by atoms with Crippen LogP contribution in [0.15, 0.2) is 192 Å². The normalized spacial score (nSPS) is 11.6. The Morgan fingerprint density at radius 1 is 0.273 bits per heavy atom. The maximum atomic E-state index is 6.27. The van der Waals surface area contributed by atoms with Gasteiger partial charge in [-0.15, -0.1) is 0 Å². The van der Waals surface area contributed by atoms with Gasteiger partial charge in [0.1, 0.15) is 11.2 Å². The van der Waals surface area contributed by atoms with Crippen LogP contribution in [-0.4, -0.2) is 15.0 Å². The van der Waals surface area contributed by atoms with Gasteiger partial charge in [-0.3, -0.25) is 0 Å². The highest BCUT2D eigenvalue weighted by Gasteiger charge is 2.17. The molecular formula is C51H31N3O. The van der Waals surface area contributed by atoms with Gasteiger partial charge in [0, 0.05) is 27.5 Å². The van der Waals surface area contributed by atoms with E-state index in [-0.39, 0.29) is 0 Å². The molecule has 0 spiro atoms. The van der Waals surface area contributed by atoms with Crippen LogP contribution in [0.2, 0.25) is 0 Å². The van der Waals surface area contributed by atoms with Crippen LogP contribution in [0.1, 0.15) is 0 Å². The highest BCUT2D eigenvalue weighted by Crippen LogP contribution is 2.38. The average Bonchev–Trinajstić information content (AvgIpc) is 3.62. The summed E-state index contributed by atoms with van der Waals surface area (Å²) in [7, 11) is 0. The van der Waals surface area contributed by atoms with E-state index in [0.29, 0.717) is 17.5 Å². The number of aromatic nitrogens is 3. The van der Waals surface area contributed by atoms with E-state index >= 15 is 0 Å². The summed E-state index contributed by atoms with van der Waals surface area (Å²) in [4.78, 5) is 15.6. The van der Waals surface area contributed by atoms with E-state index in [1.165, 1.54) is 27.5 Å². The van der Waals surface area contributed by atoms with E-state index in [1.807, 2.05) is 12.1 Å². The number of para-hydroxylation sites is 1. The molecule has 0 radical (unpaired) electrons. The molecule has 4 nitrogen and oxygen atoms in total.